The Morgan fingerprint density at radius 3 is 2.04 bits per heavy atom. The summed E-state index contributed by atoms with van der Waals surface area (Å²) in [7, 11) is 6.30. The molecule has 144 valence electrons. The Balaban J connectivity index is 2.10. The predicted octanol–water partition coefficient (Wildman–Crippen LogP) is 3.84. The van der Waals surface area contributed by atoms with Gasteiger partial charge in [0.2, 0.25) is 11.7 Å². The Morgan fingerprint density at radius 1 is 0.889 bits per heavy atom. The summed E-state index contributed by atoms with van der Waals surface area (Å²) in [4.78, 5) is 14.7. The second-order valence-electron chi connectivity index (χ2n) is 6.96. The standard InChI is InChI=1S/C21H25NO5/c1-21(2)19(13-8-7-9-15(10-13)24-3)22(20(21)23)14-11-16(25-4)18(27-6)17(12-14)26-5/h7-12,19H,1-6H3. The van der Waals surface area contributed by atoms with Gasteiger partial charge in [-0.15, -0.1) is 0 Å². The first-order valence-corrected chi connectivity index (χ1v) is 8.66. The highest BCUT2D eigenvalue weighted by atomic mass is 16.5. The maximum Gasteiger partial charge on any atom is 0.235 e. The van der Waals surface area contributed by atoms with Gasteiger partial charge in [0.25, 0.3) is 0 Å². The molecule has 1 fully saturated rings. The van der Waals surface area contributed by atoms with E-state index in [9.17, 15) is 4.79 Å². The minimum Gasteiger partial charge on any atom is -0.497 e. The summed E-state index contributed by atoms with van der Waals surface area (Å²) < 4.78 is 21.6. The molecule has 0 bridgehead atoms. The molecule has 27 heavy (non-hydrogen) atoms. The molecule has 1 unspecified atom stereocenters. The molecule has 0 saturated carbocycles. The first-order chi connectivity index (χ1) is 12.9. The second-order valence-corrected chi connectivity index (χ2v) is 6.96. The molecule has 1 aliphatic heterocycles. The van der Waals surface area contributed by atoms with Crippen molar-refractivity contribution in [2.75, 3.05) is 33.3 Å². The third kappa shape index (κ3) is 2.95. The van der Waals surface area contributed by atoms with Crippen molar-refractivity contribution in [1.29, 1.82) is 0 Å². The Hall–Kier alpha value is -2.89. The van der Waals surface area contributed by atoms with Crippen LogP contribution in [0.4, 0.5) is 5.69 Å². The number of hydrogen-bond donors (Lipinski definition) is 0. The lowest BCUT2D eigenvalue weighted by molar-refractivity contribution is -0.137. The third-order valence-corrected chi connectivity index (χ3v) is 5.05. The molecule has 6 nitrogen and oxygen atoms in total. The molecule has 0 spiro atoms. The van der Waals surface area contributed by atoms with E-state index < -0.39 is 5.41 Å². The lowest BCUT2D eigenvalue weighted by Gasteiger charge is -2.53. The molecule has 0 aliphatic carbocycles. The molecule has 2 aromatic carbocycles. The SMILES string of the molecule is COc1cccc(C2N(c3cc(OC)c(OC)c(OC)c3)C(=O)C2(C)C)c1. The number of ether oxygens (including phenoxy) is 4. The molecule has 6 heteroatoms. The van der Waals surface area contributed by atoms with Crippen LogP contribution in [0.5, 0.6) is 23.0 Å². The highest BCUT2D eigenvalue weighted by Crippen LogP contribution is 2.54. The lowest BCUT2D eigenvalue weighted by atomic mass is 9.70. The average molecular weight is 371 g/mol. The number of carbonyl (C=O) groups is 1. The minimum atomic E-state index is -0.535. The van der Waals surface area contributed by atoms with Gasteiger partial charge < -0.3 is 23.8 Å². The molecule has 3 rings (SSSR count). The van der Waals surface area contributed by atoms with E-state index in [4.69, 9.17) is 18.9 Å². The number of anilines is 1. The van der Waals surface area contributed by atoms with E-state index >= 15 is 0 Å². The van der Waals surface area contributed by atoms with Gasteiger partial charge in [-0.05, 0) is 31.5 Å². The van der Waals surface area contributed by atoms with Crippen molar-refractivity contribution in [3.05, 3.63) is 42.0 Å². The number of carbonyl (C=O) groups excluding carboxylic acids is 1. The Kier molecular flexibility index (Phi) is 4.91. The molecule has 1 aliphatic rings. The number of β-lactam (4-membered cyclic amide) rings is 1. The van der Waals surface area contributed by atoms with Crippen LogP contribution in [0.1, 0.15) is 25.5 Å². The third-order valence-electron chi connectivity index (χ3n) is 5.05. The van der Waals surface area contributed by atoms with Crippen LogP contribution in [0.25, 0.3) is 0 Å². The average Bonchev–Trinajstić information content (AvgIpc) is 2.70. The number of nitrogens with zero attached hydrogens (tertiary/aromatic N) is 1. The van der Waals surface area contributed by atoms with Crippen LogP contribution < -0.4 is 23.8 Å². The highest BCUT2D eigenvalue weighted by Gasteiger charge is 2.55. The molecule has 0 N–H and O–H groups in total. The zero-order chi connectivity index (χ0) is 19.8. The first kappa shape index (κ1) is 18.9. The van der Waals surface area contributed by atoms with Crippen molar-refractivity contribution >= 4 is 11.6 Å². The normalized spacial score (nSPS) is 17.9. The van der Waals surface area contributed by atoms with E-state index in [0.29, 0.717) is 22.9 Å². The number of methoxy groups -OCH3 is 4. The first-order valence-electron chi connectivity index (χ1n) is 8.66. The van der Waals surface area contributed by atoms with Gasteiger partial charge in [0, 0.05) is 12.1 Å². The van der Waals surface area contributed by atoms with Crippen LogP contribution in [-0.4, -0.2) is 34.3 Å². The van der Waals surface area contributed by atoms with Gasteiger partial charge >= 0.3 is 0 Å². The van der Waals surface area contributed by atoms with Gasteiger partial charge in [0.15, 0.2) is 11.5 Å². The van der Waals surface area contributed by atoms with E-state index in [-0.39, 0.29) is 11.9 Å². The van der Waals surface area contributed by atoms with Gasteiger partial charge in [0.05, 0.1) is 45.6 Å². The quantitative estimate of drug-likeness (QED) is 0.722. The summed E-state index contributed by atoms with van der Waals surface area (Å²) in [6.45, 7) is 3.90. The maximum atomic E-state index is 13.0. The summed E-state index contributed by atoms with van der Waals surface area (Å²) in [5.74, 6) is 2.30. The Bertz CT molecular complexity index is 836. The number of hydrogen-bond acceptors (Lipinski definition) is 5. The maximum absolute atomic E-state index is 13.0. The van der Waals surface area contributed by atoms with E-state index in [1.807, 2.05) is 38.1 Å². The van der Waals surface area contributed by atoms with Crippen LogP contribution in [0, 0.1) is 5.41 Å². The fourth-order valence-electron chi connectivity index (χ4n) is 3.65. The van der Waals surface area contributed by atoms with Gasteiger partial charge in [-0.1, -0.05) is 12.1 Å². The van der Waals surface area contributed by atoms with Crippen molar-refractivity contribution in [1.82, 2.24) is 0 Å². The number of benzene rings is 2. The monoisotopic (exact) mass is 371 g/mol. The molecule has 0 radical (unpaired) electrons. The fraction of sp³-hybridized carbons (Fsp3) is 0.381. The van der Waals surface area contributed by atoms with Gasteiger partial charge in [-0.2, -0.15) is 0 Å². The molecule has 1 heterocycles. The summed E-state index contributed by atoms with van der Waals surface area (Å²) in [6.07, 6.45) is 0. The number of amides is 1. The lowest BCUT2D eigenvalue weighted by Crippen LogP contribution is -2.61. The van der Waals surface area contributed by atoms with Gasteiger partial charge in [-0.25, -0.2) is 0 Å². The summed E-state index contributed by atoms with van der Waals surface area (Å²) in [6, 6.07) is 11.2. The molecular weight excluding hydrogens is 346 g/mol. The van der Waals surface area contributed by atoms with Crippen LogP contribution in [-0.2, 0) is 4.79 Å². The molecule has 1 saturated heterocycles. The van der Waals surface area contributed by atoms with Crippen LogP contribution in [0.3, 0.4) is 0 Å². The molecule has 1 atom stereocenters. The topological polar surface area (TPSA) is 57.2 Å². The van der Waals surface area contributed by atoms with Crippen molar-refractivity contribution < 1.29 is 23.7 Å². The number of rotatable bonds is 6. The van der Waals surface area contributed by atoms with Gasteiger partial charge in [-0.3, -0.25) is 4.79 Å². The zero-order valence-electron chi connectivity index (χ0n) is 16.5. The fourth-order valence-corrected chi connectivity index (χ4v) is 3.65. The molecular formula is C21H25NO5. The molecule has 2 aromatic rings. The van der Waals surface area contributed by atoms with Gasteiger partial charge in [0.1, 0.15) is 5.75 Å². The molecule has 0 aromatic heterocycles. The van der Waals surface area contributed by atoms with E-state index in [0.717, 1.165) is 11.3 Å². The van der Waals surface area contributed by atoms with Crippen molar-refractivity contribution in [3.8, 4) is 23.0 Å². The zero-order valence-corrected chi connectivity index (χ0v) is 16.5. The highest BCUT2D eigenvalue weighted by molar-refractivity contribution is 6.06. The summed E-state index contributed by atoms with van der Waals surface area (Å²) in [5, 5.41) is 0. The van der Waals surface area contributed by atoms with E-state index in [2.05, 4.69) is 0 Å². The van der Waals surface area contributed by atoms with Crippen molar-refractivity contribution in [3.63, 3.8) is 0 Å². The van der Waals surface area contributed by atoms with Crippen molar-refractivity contribution in [2.24, 2.45) is 5.41 Å². The molecule has 1 amide bonds. The Morgan fingerprint density at radius 2 is 1.52 bits per heavy atom. The van der Waals surface area contributed by atoms with Crippen LogP contribution >= 0.6 is 0 Å². The summed E-state index contributed by atoms with van der Waals surface area (Å²) >= 11 is 0. The predicted molar refractivity (Wildman–Crippen MR) is 103 cm³/mol. The van der Waals surface area contributed by atoms with E-state index in [1.165, 1.54) is 0 Å². The van der Waals surface area contributed by atoms with E-state index in [1.54, 1.807) is 45.5 Å². The summed E-state index contributed by atoms with van der Waals surface area (Å²) in [5.41, 5.74) is 1.17. The minimum absolute atomic E-state index is 0.0320. The Labute approximate surface area is 159 Å². The van der Waals surface area contributed by atoms with Crippen molar-refractivity contribution in [2.45, 2.75) is 19.9 Å². The van der Waals surface area contributed by atoms with Crippen LogP contribution in [0.2, 0.25) is 0 Å². The van der Waals surface area contributed by atoms with Crippen LogP contribution in [0.15, 0.2) is 36.4 Å². The largest absolute Gasteiger partial charge is 0.497 e. The smallest absolute Gasteiger partial charge is 0.235 e. The second kappa shape index (κ2) is 7.02.